The molecule has 128 valence electrons. The van der Waals surface area contributed by atoms with E-state index in [1.165, 1.54) is 0 Å². The van der Waals surface area contributed by atoms with E-state index in [0.29, 0.717) is 17.6 Å². The number of primary amides is 2. The Morgan fingerprint density at radius 1 is 1.12 bits per heavy atom. The number of nitrogens with two attached hydrogens (primary N) is 3. The standard InChI is InChI=1S/C18H16BrN3O3/c19-11-4-5-14-12(8-11)15(16(25-14)18(22)24)10-3-1-2-9(6-10)7-13(20)17(21)23/h1-6,8,13H,7,20H2,(H2,21,23)(H2,22,24). The lowest BCUT2D eigenvalue weighted by Crippen LogP contribution is -2.38. The van der Waals surface area contributed by atoms with E-state index in [1.54, 1.807) is 6.07 Å². The Labute approximate surface area is 152 Å². The van der Waals surface area contributed by atoms with Gasteiger partial charge in [-0.2, -0.15) is 0 Å². The predicted molar refractivity (Wildman–Crippen MR) is 98.7 cm³/mol. The first kappa shape index (κ1) is 17.2. The minimum atomic E-state index is -0.777. The maximum atomic E-state index is 11.8. The van der Waals surface area contributed by atoms with Crippen molar-refractivity contribution < 1.29 is 14.0 Å². The van der Waals surface area contributed by atoms with Crippen molar-refractivity contribution in [3.63, 3.8) is 0 Å². The first-order valence-electron chi connectivity index (χ1n) is 7.53. The van der Waals surface area contributed by atoms with E-state index in [4.69, 9.17) is 21.6 Å². The normalized spacial score (nSPS) is 12.2. The molecule has 3 aromatic rings. The zero-order valence-electron chi connectivity index (χ0n) is 13.2. The van der Waals surface area contributed by atoms with Crippen molar-refractivity contribution >= 4 is 38.7 Å². The average molecular weight is 402 g/mol. The van der Waals surface area contributed by atoms with Crippen molar-refractivity contribution in [3.8, 4) is 11.1 Å². The van der Waals surface area contributed by atoms with Gasteiger partial charge in [-0.05, 0) is 35.7 Å². The number of furan rings is 1. The van der Waals surface area contributed by atoms with Crippen LogP contribution in [0.2, 0.25) is 0 Å². The van der Waals surface area contributed by atoms with Crippen LogP contribution in [0.3, 0.4) is 0 Å². The highest BCUT2D eigenvalue weighted by atomic mass is 79.9. The molecule has 1 aromatic heterocycles. The maximum Gasteiger partial charge on any atom is 0.285 e. The molecule has 2 aromatic carbocycles. The summed E-state index contributed by atoms with van der Waals surface area (Å²) >= 11 is 3.42. The van der Waals surface area contributed by atoms with Crippen LogP contribution in [0.1, 0.15) is 16.1 Å². The summed E-state index contributed by atoms with van der Waals surface area (Å²) in [6.07, 6.45) is 0.300. The number of benzene rings is 2. The Bertz CT molecular complexity index is 981. The Balaban J connectivity index is 2.15. The largest absolute Gasteiger partial charge is 0.450 e. The molecule has 7 heteroatoms. The highest BCUT2D eigenvalue weighted by molar-refractivity contribution is 9.10. The molecule has 0 spiro atoms. The number of hydrogen-bond acceptors (Lipinski definition) is 4. The van der Waals surface area contributed by atoms with Crippen LogP contribution in [-0.2, 0) is 11.2 Å². The first-order chi connectivity index (χ1) is 11.9. The van der Waals surface area contributed by atoms with Gasteiger partial charge < -0.3 is 21.6 Å². The zero-order valence-corrected chi connectivity index (χ0v) is 14.7. The highest BCUT2D eigenvalue weighted by Gasteiger charge is 2.21. The lowest BCUT2D eigenvalue weighted by Gasteiger charge is -2.09. The van der Waals surface area contributed by atoms with Crippen LogP contribution in [0, 0.1) is 0 Å². The second kappa shape index (κ2) is 6.70. The van der Waals surface area contributed by atoms with E-state index in [-0.39, 0.29) is 5.76 Å². The molecule has 0 radical (unpaired) electrons. The molecule has 6 N–H and O–H groups in total. The number of rotatable bonds is 5. The molecule has 1 heterocycles. The lowest BCUT2D eigenvalue weighted by molar-refractivity contribution is -0.119. The molecule has 2 amide bonds. The number of fused-ring (bicyclic) bond motifs is 1. The first-order valence-corrected chi connectivity index (χ1v) is 8.32. The summed E-state index contributed by atoms with van der Waals surface area (Å²) in [5.74, 6) is -1.13. The fourth-order valence-corrected chi connectivity index (χ4v) is 3.10. The summed E-state index contributed by atoms with van der Waals surface area (Å²) in [5, 5.41) is 0.763. The van der Waals surface area contributed by atoms with Gasteiger partial charge in [-0.15, -0.1) is 0 Å². The Morgan fingerprint density at radius 3 is 2.56 bits per heavy atom. The van der Waals surface area contributed by atoms with Gasteiger partial charge in [0.1, 0.15) is 5.58 Å². The monoisotopic (exact) mass is 401 g/mol. The Morgan fingerprint density at radius 2 is 1.88 bits per heavy atom. The van der Waals surface area contributed by atoms with Crippen molar-refractivity contribution in [1.29, 1.82) is 0 Å². The number of carbonyl (C=O) groups excluding carboxylic acids is 2. The third-order valence-corrected chi connectivity index (χ3v) is 4.40. The Hall–Kier alpha value is -2.64. The minimum Gasteiger partial charge on any atom is -0.450 e. The summed E-state index contributed by atoms with van der Waals surface area (Å²) in [6, 6.07) is 12.0. The molecule has 0 fully saturated rings. The van der Waals surface area contributed by atoms with E-state index >= 15 is 0 Å². The van der Waals surface area contributed by atoms with Gasteiger partial charge in [0.2, 0.25) is 5.91 Å². The quantitative estimate of drug-likeness (QED) is 0.606. The fraction of sp³-hybridized carbons (Fsp3) is 0.111. The van der Waals surface area contributed by atoms with Gasteiger partial charge in [0.25, 0.3) is 5.91 Å². The van der Waals surface area contributed by atoms with E-state index in [0.717, 1.165) is 21.0 Å². The van der Waals surface area contributed by atoms with Crippen LogP contribution in [0.15, 0.2) is 51.4 Å². The fourth-order valence-electron chi connectivity index (χ4n) is 2.74. The summed E-state index contributed by atoms with van der Waals surface area (Å²) in [6.45, 7) is 0. The van der Waals surface area contributed by atoms with Crippen molar-refractivity contribution in [2.24, 2.45) is 17.2 Å². The number of carbonyl (C=O) groups is 2. The van der Waals surface area contributed by atoms with E-state index in [2.05, 4.69) is 15.9 Å². The number of amides is 2. The molecule has 0 bridgehead atoms. The van der Waals surface area contributed by atoms with Crippen LogP contribution in [0.25, 0.3) is 22.1 Å². The maximum absolute atomic E-state index is 11.8. The third kappa shape index (κ3) is 3.42. The number of halogens is 1. The molecule has 3 rings (SSSR count). The van der Waals surface area contributed by atoms with Gasteiger partial charge in [0, 0.05) is 15.4 Å². The van der Waals surface area contributed by atoms with Crippen molar-refractivity contribution in [1.82, 2.24) is 0 Å². The van der Waals surface area contributed by atoms with Gasteiger partial charge >= 0.3 is 0 Å². The molecular formula is C18H16BrN3O3. The van der Waals surface area contributed by atoms with Gasteiger partial charge in [0.05, 0.1) is 6.04 Å². The van der Waals surface area contributed by atoms with Crippen LogP contribution >= 0.6 is 15.9 Å². The van der Waals surface area contributed by atoms with Crippen LogP contribution in [0.4, 0.5) is 0 Å². The molecule has 0 saturated heterocycles. The summed E-state index contributed by atoms with van der Waals surface area (Å²) in [7, 11) is 0. The molecule has 0 saturated carbocycles. The molecule has 0 aliphatic rings. The second-order valence-corrected chi connectivity index (χ2v) is 6.64. The summed E-state index contributed by atoms with van der Waals surface area (Å²) < 4.78 is 6.49. The zero-order chi connectivity index (χ0) is 18.1. The molecule has 1 atom stereocenters. The van der Waals surface area contributed by atoms with E-state index < -0.39 is 17.9 Å². The van der Waals surface area contributed by atoms with Crippen LogP contribution < -0.4 is 17.2 Å². The van der Waals surface area contributed by atoms with Gasteiger partial charge in [0.15, 0.2) is 5.76 Å². The molecular weight excluding hydrogens is 386 g/mol. The van der Waals surface area contributed by atoms with E-state index in [1.807, 2.05) is 36.4 Å². The minimum absolute atomic E-state index is 0.0875. The van der Waals surface area contributed by atoms with Crippen molar-refractivity contribution in [3.05, 3.63) is 58.3 Å². The predicted octanol–water partition coefficient (Wildman–Crippen LogP) is 2.32. The van der Waals surface area contributed by atoms with Gasteiger partial charge in [-0.3, -0.25) is 9.59 Å². The second-order valence-electron chi connectivity index (χ2n) is 5.72. The average Bonchev–Trinajstić information content (AvgIpc) is 2.93. The van der Waals surface area contributed by atoms with Crippen molar-refractivity contribution in [2.75, 3.05) is 0 Å². The molecule has 6 nitrogen and oxygen atoms in total. The van der Waals surface area contributed by atoms with Crippen LogP contribution in [-0.4, -0.2) is 17.9 Å². The molecule has 0 aliphatic carbocycles. The molecule has 1 unspecified atom stereocenters. The molecule has 25 heavy (non-hydrogen) atoms. The smallest absolute Gasteiger partial charge is 0.285 e. The Kier molecular flexibility index (Phi) is 4.61. The highest BCUT2D eigenvalue weighted by Crippen LogP contribution is 2.36. The lowest BCUT2D eigenvalue weighted by atomic mass is 9.97. The van der Waals surface area contributed by atoms with Crippen molar-refractivity contribution in [2.45, 2.75) is 12.5 Å². The SMILES string of the molecule is NC(=O)c1oc2ccc(Br)cc2c1-c1cccc(CC(N)C(N)=O)c1. The number of hydrogen-bond donors (Lipinski definition) is 3. The van der Waals surface area contributed by atoms with Gasteiger partial charge in [-0.25, -0.2) is 0 Å². The topological polar surface area (TPSA) is 125 Å². The summed E-state index contributed by atoms with van der Waals surface area (Å²) in [4.78, 5) is 23.0. The third-order valence-electron chi connectivity index (χ3n) is 3.91. The summed E-state index contributed by atoms with van der Waals surface area (Å²) in [5.41, 5.74) is 19.2. The molecule has 0 aliphatic heterocycles. The van der Waals surface area contributed by atoms with Gasteiger partial charge in [-0.1, -0.05) is 40.2 Å². The van der Waals surface area contributed by atoms with E-state index in [9.17, 15) is 9.59 Å². The van der Waals surface area contributed by atoms with Crippen LogP contribution in [0.5, 0.6) is 0 Å².